The summed E-state index contributed by atoms with van der Waals surface area (Å²) in [5, 5.41) is 0. The largest absolute Gasteiger partial charge is 0.495 e. The van der Waals surface area contributed by atoms with E-state index in [0.717, 1.165) is 93.3 Å². The van der Waals surface area contributed by atoms with Gasteiger partial charge < -0.3 is 14.4 Å². The number of hydrogen-bond acceptors (Lipinski definition) is 5. The summed E-state index contributed by atoms with van der Waals surface area (Å²) < 4.78 is 11.2. The number of piperidine rings is 1. The van der Waals surface area contributed by atoms with E-state index in [0.29, 0.717) is 5.92 Å². The highest BCUT2D eigenvalue weighted by Gasteiger charge is 2.29. The number of methoxy groups -OCH3 is 1. The quantitative estimate of drug-likeness (QED) is 0.665. The molecular weight excluding hydrogens is 400 g/mol. The van der Waals surface area contributed by atoms with Gasteiger partial charge in [-0.2, -0.15) is 0 Å². The average Bonchev–Trinajstić information content (AvgIpc) is 3.15. The zero-order chi connectivity index (χ0) is 21.9. The number of ether oxygens (including phenoxy) is 2. The van der Waals surface area contributed by atoms with Crippen molar-refractivity contribution in [1.82, 2.24) is 4.90 Å². The molecule has 2 heterocycles. The first-order valence-corrected chi connectivity index (χ1v) is 11.8. The monoisotopic (exact) mass is 432 g/mol. The second-order valence-corrected chi connectivity index (χ2v) is 9.08. The highest BCUT2D eigenvalue weighted by Crippen LogP contribution is 2.38. The molecule has 0 atom stereocenters. The third kappa shape index (κ3) is 4.45. The van der Waals surface area contributed by atoms with Crippen LogP contribution in [0.2, 0.25) is 0 Å². The second-order valence-electron chi connectivity index (χ2n) is 9.08. The molecule has 0 aromatic heterocycles. The molecule has 5 nitrogen and oxygen atoms in total. The third-order valence-corrected chi connectivity index (χ3v) is 6.99. The number of likely N-dealkylation sites (tertiary alicyclic amines) is 1. The lowest BCUT2D eigenvalue weighted by Gasteiger charge is -2.30. The fourth-order valence-electron chi connectivity index (χ4n) is 5.18. The fourth-order valence-corrected chi connectivity index (χ4v) is 5.18. The maximum Gasteiger partial charge on any atom is 0.189 e. The molecule has 0 bridgehead atoms. The SMILES string of the molecule is COc1cc2c(cc1N1CCOCC1)CC(=CC1CCN(Cc3ccccc3)CC1)C2=O. The third-order valence-electron chi connectivity index (χ3n) is 6.99. The molecule has 0 N–H and O–H groups in total. The van der Waals surface area contributed by atoms with Gasteiger partial charge in [0.05, 0.1) is 26.0 Å². The average molecular weight is 433 g/mol. The van der Waals surface area contributed by atoms with Gasteiger partial charge in [-0.15, -0.1) is 0 Å². The molecule has 3 aliphatic rings. The Kier molecular flexibility index (Phi) is 6.28. The van der Waals surface area contributed by atoms with Crippen molar-refractivity contribution in [2.24, 2.45) is 5.92 Å². The molecule has 2 saturated heterocycles. The number of hydrogen-bond donors (Lipinski definition) is 0. The molecular formula is C27H32N2O3. The zero-order valence-electron chi connectivity index (χ0n) is 18.9. The van der Waals surface area contributed by atoms with Crippen molar-refractivity contribution in [2.45, 2.75) is 25.8 Å². The number of fused-ring (bicyclic) bond motifs is 1. The Morgan fingerprint density at radius 2 is 1.81 bits per heavy atom. The van der Waals surface area contributed by atoms with Crippen molar-refractivity contribution in [3.05, 3.63) is 70.8 Å². The standard InChI is InChI=1S/C27H32N2O3/c1-31-26-18-24-22(17-25(26)29-11-13-32-14-12-29)16-23(27(24)30)15-20-7-9-28(10-8-20)19-21-5-3-2-4-6-21/h2-6,15,17-18,20H,7-14,16,19H2,1H3. The number of carbonyl (C=O) groups is 1. The molecule has 5 heteroatoms. The van der Waals surface area contributed by atoms with E-state index >= 15 is 0 Å². The molecule has 0 unspecified atom stereocenters. The maximum absolute atomic E-state index is 13.2. The van der Waals surface area contributed by atoms with Gasteiger partial charge in [0, 0.05) is 37.2 Å². The van der Waals surface area contributed by atoms with Crippen molar-refractivity contribution in [3.8, 4) is 5.75 Å². The van der Waals surface area contributed by atoms with Gasteiger partial charge in [0.15, 0.2) is 5.78 Å². The van der Waals surface area contributed by atoms with Crippen molar-refractivity contribution in [1.29, 1.82) is 0 Å². The summed E-state index contributed by atoms with van der Waals surface area (Å²) in [6.07, 6.45) is 5.23. The van der Waals surface area contributed by atoms with E-state index in [-0.39, 0.29) is 5.78 Å². The van der Waals surface area contributed by atoms with Crippen LogP contribution in [0.15, 0.2) is 54.1 Å². The van der Waals surface area contributed by atoms with E-state index < -0.39 is 0 Å². The van der Waals surface area contributed by atoms with Crippen molar-refractivity contribution >= 4 is 11.5 Å². The van der Waals surface area contributed by atoms with E-state index in [4.69, 9.17) is 9.47 Å². The lowest BCUT2D eigenvalue weighted by Crippen LogP contribution is -2.36. The van der Waals surface area contributed by atoms with E-state index in [1.54, 1.807) is 7.11 Å². The van der Waals surface area contributed by atoms with Gasteiger partial charge in [-0.3, -0.25) is 9.69 Å². The molecule has 2 aromatic carbocycles. The van der Waals surface area contributed by atoms with Gasteiger partial charge in [0.25, 0.3) is 0 Å². The van der Waals surface area contributed by atoms with E-state index in [9.17, 15) is 4.79 Å². The maximum atomic E-state index is 13.2. The van der Waals surface area contributed by atoms with E-state index in [2.05, 4.69) is 52.3 Å². The van der Waals surface area contributed by atoms with Crippen molar-refractivity contribution in [2.75, 3.05) is 51.4 Å². The van der Waals surface area contributed by atoms with Crippen LogP contribution in [-0.2, 0) is 17.7 Å². The molecule has 0 saturated carbocycles. The normalized spacial score (nSPS) is 21.2. The van der Waals surface area contributed by atoms with Crippen molar-refractivity contribution in [3.63, 3.8) is 0 Å². The summed E-state index contributed by atoms with van der Waals surface area (Å²) in [5.41, 5.74) is 5.35. The van der Waals surface area contributed by atoms with Crippen LogP contribution in [0.5, 0.6) is 5.75 Å². The summed E-state index contributed by atoms with van der Waals surface area (Å²) in [4.78, 5) is 18.0. The van der Waals surface area contributed by atoms with Gasteiger partial charge in [-0.05, 0) is 55.1 Å². The molecule has 2 aromatic rings. The summed E-state index contributed by atoms with van der Waals surface area (Å²) in [5.74, 6) is 1.45. The molecule has 2 fully saturated rings. The minimum Gasteiger partial charge on any atom is -0.495 e. The van der Waals surface area contributed by atoms with Gasteiger partial charge in [0.2, 0.25) is 0 Å². The van der Waals surface area contributed by atoms with Crippen LogP contribution in [0.25, 0.3) is 0 Å². The number of anilines is 1. The molecule has 0 spiro atoms. The Morgan fingerprint density at radius 3 is 2.53 bits per heavy atom. The summed E-state index contributed by atoms with van der Waals surface area (Å²) in [7, 11) is 1.69. The number of nitrogens with zero attached hydrogens (tertiary/aromatic N) is 2. The molecule has 0 radical (unpaired) electrons. The van der Waals surface area contributed by atoms with Crippen LogP contribution < -0.4 is 9.64 Å². The first-order valence-electron chi connectivity index (χ1n) is 11.8. The number of morpholine rings is 1. The van der Waals surface area contributed by atoms with Crippen LogP contribution in [0.4, 0.5) is 5.69 Å². The Morgan fingerprint density at radius 1 is 1.06 bits per heavy atom. The molecule has 0 amide bonds. The highest BCUT2D eigenvalue weighted by molar-refractivity contribution is 6.13. The molecule has 2 aliphatic heterocycles. The van der Waals surface area contributed by atoms with E-state index in [1.165, 1.54) is 5.56 Å². The molecule has 32 heavy (non-hydrogen) atoms. The zero-order valence-corrected chi connectivity index (χ0v) is 18.9. The lowest BCUT2D eigenvalue weighted by molar-refractivity contribution is 0.103. The fraction of sp³-hybridized carbons (Fsp3) is 0.444. The van der Waals surface area contributed by atoms with Crippen LogP contribution in [0.1, 0.15) is 34.3 Å². The first-order chi connectivity index (χ1) is 15.7. The van der Waals surface area contributed by atoms with Gasteiger partial charge in [-0.25, -0.2) is 0 Å². The molecule has 1 aliphatic carbocycles. The summed E-state index contributed by atoms with van der Waals surface area (Å²) >= 11 is 0. The minimum absolute atomic E-state index is 0.179. The summed E-state index contributed by atoms with van der Waals surface area (Å²) in [6.45, 7) is 6.35. The second kappa shape index (κ2) is 9.47. The minimum atomic E-state index is 0.179. The van der Waals surface area contributed by atoms with Crippen LogP contribution >= 0.6 is 0 Å². The Labute approximate surface area is 190 Å². The molecule has 168 valence electrons. The Bertz CT molecular complexity index is 987. The highest BCUT2D eigenvalue weighted by atomic mass is 16.5. The summed E-state index contributed by atoms with van der Waals surface area (Å²) in [6, 6.07) is 14.8. The number of benzene rings is 2. The number of carbonyl (C=O) groups excluding carboxylic acids is 1. The van der Waals surface area contributed by atoms with Crippen LogP contribution in [-0.4, -0.2) is 57.2 Å². The Balaban J connectivity index is 1.26. The predicted octanol–water partition coefficient (Wildman–Crippen LogP) is 4.11. The number of ketones is 1. The number of allylic oxidation sites excluding steroid dienone is 2. The first kappa shape index (κ1) is 21.2. The van der Waals surface area contributed by atoms with Gasteiger partial charge in [0.1, 0.15) is 5.75 Å². The van der Waals surface area contributed by atoms with Crippen LogP contribution in [0, 0.1) is 5.92 Å². The lowest BCUT2D eigenvalue weighted by atomic mass is 9.93. The van der Waals surface area contributed by atoms with E-state index in [1.807, 2.05) is 6.07 Å². The topological polar surface area (TPSA) is 42.0 Å². The van der Waals surface area contributed by atoms with Crippen LogP contribution in [0.3, 0.4) is 0 Å². The van der Waals surface area contributed by atoms with Crippen molar-refractivity contribution < 1.29 is 14.3 Å². The predicted molar refractivity (Wildman–Crippen MR) is 127 cm³/mol. The van der Waals surface area contributed by atoms with Gasteiger partial charge in [-0.1, -0.05) is 36.4 Å². The van der Waals surface area contributed by atoms with Gasteiger partial charge >= 0.3 is 0 Å². The smallest absolute Gasteiger partial charge is 0.189 e. The number of Topliss-reactive ketones (excluding diaryl/α,β-unsaturated/α-hetero) is 1. The molecule has 5 rings (SSSR count). The Hall–Kier alpha value is -2.63. The number of rotatable bonds is 5.